The van der Waals surface area contributed by atoms with E-state index in [2.05, 4.69) is 10.00 Å². The Bertz CT molecular complexity index is 556. The third-order valence-electron chi connectivity index (χ3n) is 4.50. The molecule has 7 heteroatoms. The summed E-state index contributed by atoms with van der Waals surface area (Å²) in [6.07, 6.45) is 5.06. The number of amides is 1. The number of rotatable bonds is 3. The van der Waals surface area contributed by atoms with Crippen molar-refractivity contribution in [1.29, 1.82) is 0 Å². The molecule has 0 saturated carbocycles. The monoisotopic (exact) mass is 292 g/mol. The molecule has 0 spiro atoms. The Morgan fingerprint density at radius 2 is 2.19 bits per heavy atom. The van der Waals surface area contributed by atoms with Crippen molar-refractivity contribution in [3.8, 4) is 0 Å². The van der Waals surface area contributed by atoms with Gasteiger partial charge < -0.3 is 10.0 Å². The van der Waals surface area contributed by atoms with E-state index in [1.807, 2.05) is 4.90 Å². The van der Waals surface area contributed by atoms with Gasteiger partial charge in [-0.15, -0.1) is 0 Å². The first kappa shape index (κ1) is 14.1. The SMILES string of the molecule is CC(C(=O)N1CCN2CCCC2C1)n1cc(C(=O)O)cn1. The van der Waals surface area contributed by atoms with E-state index in [9.17, 15) is 9.59 Å². The molecule has 3 heterocycles. The number of fused-ring (bicyclic) bond motifs is 1. The molecular weight excluding hydrogens is 272 g/mol. The zero-order valence-electron chi connectivity index (χ0n) is 12.1. The molecule has 0 radical (unpaired) electrons. The summed E-state index contributed by atoms with van der Waals surface area (Å²) in [6, 6.07) is 0.0214. The van der Waals surface area contributed by atoms with Crippen LogP contribution in [0.1, 0.15) is 36.2 Å². The third kappa shape index (κ3) is 2.65. The van der Waals surface area contributed by atoms with Gasteiger partial charge >= 0.3 is 5.97 Å². The van der Waals surface area contributed by atoms with Crippen molar-refractivity contribution in [3.05, 3.63) is 18.0 Å². The molecular formula is C14H20N4O3. The second-order valence-electron chi connectivity index (χ2n) is 5.81. The van der Waals surface area contributed by atoms with Gasteiger partial charge in [0.25, 0.3) is 0 Å². The van der Waals surface area contributed by atoms with Crippen LogP contribution in [0.2, 0.25) is 0 Å². The Hall–Kier alpha value is -1.89. The van der Waals surface area contributed by atoms with Gasteiger partial charge in [0, 0.05) is 31.9 Å². The molecule has 1 amide bonds. The predicted octanol–water partition coefficient (Wildman–Crippen LogP) is 0.449. The lowest BCUT2D eigenvalue weighted by Gasteiger charge is -2.38. The molecule has 2 saturated heterocycles. The molecule has 1 N–H and O–H groups in total. The molecule has 2 aliphatic rings. The maximum atomic E-state index is 12.6. The van der Waals surface area contributed by atoms with Crippen LogP contribution >= 0.6 is 0 Å². The molecule has 0 aliphatic carbocycles. The number of carboxylic acid groups (broad SMARTS) is 1. The van der Waals surface area contributed by atoms with E-state index in [0.717, 1.165) is 32.6 Å². The summed E-state index contributed by atoms with van der Waals surface area (Å²) in [4.78, 5) is 27.8. The van der Waals surface area contributed by atoms with Crippen LogP contribution in [0.4, 0.5) is 0 Å². The highest BCUT2D eigenvalue weighted by atomic mass is 16.4. The number of carbonyl (C=O) groups excluding carboxylic acids is 1. The van der Waals surface area contributed by atoms with E-state index < -0.39 is 12.0 Å². The van der Waals surface area contributed by atoms with E-state index in [0.29, 0.717) is 6.04 Å². The standard InChI is InChI=1S/C14H20N4O3/c1-10(18-8-11(7-15-18)14(20)21)13(19)17-6-5-16-4-2-3-12(16)9-17/h7-8,10,12H,2-6,9H2,1H3,(H,20,21). The Morgan fingerprint density at radius 1 is 1.38 bits per heavy atom. The fourth-order valence-electron chi connectivity index (χ4n) is 3.23. The molecule has 2 atom stereocenters. The molecule has 7 nitrogen and oxygen atoms in total. The van der Waals surface area contributed by atoms with E-state index in [1.165, 1.54) is 23.5 Å². The van der Waals surface area contributed by atoms with Crippen LogP contribution in [0.3, 0.4) is 0 Å². The summed E-state index contributed by atoms with van der Waals surface area (Å²) in [5.74, 6) is -1.01. The van der Waals surface area contributed by atoms with Crippen LogP contribution in [-0.4, -0.2) is 68.8 Å². The lowest BCUT2D eigenvalue weighted by atomic mass is 10.1. The zero-order chi connectivity index (χ0) is 15.0. The predicted molar refractivity (Wildman–Crippen MR) is 75.1 cm³/mol. The molecule has 2 fully saturated rings. The van der Waals surface area contributed by atoms with Crippen LogP contribution in [0, 0.1) is 0 Å². The van der Waals surface area contributed by atoms with Gasteiger partial charge in [-0.3, -0.25) is 14.4 Å². The topological polar surface area (TPSA) is 78.7 Å². The fraction of sp³-hybridized carbons (Fsp3) is 0.643. The highest BCUT2D eigenvalue weighted by Crippen LogP contribution is 2.23. The van der Waals surface area contributed by atoms with Crippen LogP contribution in [0.25, 0.3) is 0 Å². The highest BCUT2D eigenvalue weighted by Gasteiger charge is 2.34. The summed E-state index contributed by atoms with van der Waals surface area (Å²) >= 11 is 0. The highest BCUT2D eigenvalue weighted by molar-refractivity contribution is 5.87. The minimum Gasteiger partial charge on any atom is -0.478 e. The van der Waals surface area contributed by atoms with Crippen LogP contribution in [0.15, 0.2) is 12.4 Å². The van der Waals surface area contributed by atoms with Crippen LogP contribution in [0.5, 0.6) is 0 Å². The van der Waals surface area contributed by atoms with Crippen molar-refractivity contribution in [1.82, 2.24) is 19.6 Å². The lowest BCUT2D eigenvalue weighted by molar-refractivity contribution is -0.137. The van der Waals surface area contributed by atoms with E-state index >= 15 is 0 Å². The molecule has 0 bridgehead atoms. The summed E-state index contributed by atoms with van der Waals surface area (Å²) in [6.45, 7) is 5.36. The van der Waals surface area contributed by atoms with E-state index in [1.54, 1.807) is 6.92 Å². The van der Waals surface area contributed by atoms with Crippen molar-refractivity contribution >= 4 is 11.9 Å². The number of hydrogen-bond donors (Lipinski definition) is 1. The maximum Gasteiger partial charge on any atom is 0.338 e. The number of nitrogens with zero attached hydrogens (tertiary/aromatic N) is 4. The lowest BCUT2D eigenvalue weighted by Crippen LogP contribution is -2.53. The van der Waals surface area contributed by atoms with E-state index in [-0.39, 0.29) is 11.5 Å². The van der Waals surface area contributed by atoms with Gasteiger partial charge in [-0.25, -0.2) is 4.79 Å². The Labute approximate surface area is 123 Å². The summed E-state index contributed by atoms with van der Waals surface area (Å²) in [5.41, 5.74) is 0.107. The van der Waals surface area contributed by atoms with Crippen molar-refractivity contribution < 1.29 is 14.7 Å². The van der Waals surface area contributed by atoms with Gasteiger partial charge in [0.2, 0.25) is 5.91 Å². The van der Waals surface area contributed by atoms with E-state index in [4.69, 9.17) is 5.11 Å². The fourth-order valence-corrected chi connectivity index (χ4v) is 3.23. The average molecular weight is 292 g/mol. The number of hydrogen-bond acceptors (Lipinski definition) is 4. The van der Waals surface area contributed by atoms with Gasteiger partial charge in [0.1, 0.15) is 6.04 Å². The van der Waals surface area contributed by atoms with Gasteiger partial charge in [0.05, 0.1) is 11.8 Å². The van der Waals surface area contributed by atoms with Crippen molar-refractivity contribution in [2.24, 2.45) is 0 Å². The smallest absolute Gasteiger partial charge is 0.338 e. The third-order valence-corrected chi connectivity index (χ3v) is 4.50. The molecule has 1 aromatic rings. The van der Waals surface area contributed by atoms with Crippen molar-refractivity contribution in [2.75, 3.05) is 26.2 Å². The molecule has 2 aliphatic heterocycles. The van der Waals surface area contributed by atoms with Crippen LogP contribution < -0.4 is 0 Å². The molecule has 0 aromatic carbocycles. The van der Waals surface area contributed by atoms with Gasteiger partial charge in [-0.1, -0.05) is 0 Å². The minimum atomic E-state index is -1.03. The molecule has 114 valence electrons. The maximum absolute atomic E-state index is 12.6. The van der Waals surface area contributed by atoms with Crippen molar-refractivity contribution in [2.45, 2.75) is 31.8 Å². The quantitative estimate of drug-likeness (QED) is 0.875. The Kier molecular flexibility index (Phi) is 3.67. The number of carboxylic acids is 1. The number of carbonyl (C=O) groups is 2. The average Bonchev–Trinajstić information content (AvgIpc) is 3.13. The Balaban J connectivity index is 1.67. The normalized spacial score (nSPS) is 23.9. The first-order valence-electron chi connectivity index (χ1n) is 7.36. The number of piperazine rings is 1. The molecule has 3 rings (SSSR count). The minimum absolute atomic E-state index is 0.0154. The second-order valence-corrected chi connectivity index (χ2v) is 5.81. The van der Waals surface area contributed by atoms with Gasteiger partial charge in [-0.05, 0) is 26.3 Å². The molecule has 21 heavy (non-hydrogen) atoms. The first-order chi connectivity index (χ1) is 10.1. The molecule has 1 aromatic heterocycles. The van der Waals surface area contributed by atoms with Crippen LogP contribution in [-0.2, 0) is 4.79 Å². The summed E-state index contributed by atoms with van der Waals surface area (Å²) in [5, 5.41) is 12.9. The number of aromatic carboxylic acids is 1. The number of aromatic nitrogens is 2. The first-order valence-corrected chi connectivity index (χ1v) is 7.36. The second kappa shape index (κ2) is 5.48. The molecule has 2 unspecified atom stereocenters. The largest absolute Gasteiger partial charge is 0.478 e. The van der Waals surface area contributed by atoms with Gasteiger partial charge in [0.15, 0.2) is 0 Å². The summed E-state index contributed by atoms with van der Waals surface area (Å²) in [7, 11) is 0. The Morgan fingerprint density at radius 3 is 2.90 bits per heavy atom. The van der Waals surface area contributed by atoms with Gasteiger partial charge in [-0.2, -0.15) is 5.10 Å². The zero-order valence-corrected chi connectivity index (χ0v) is 12.1. The summed E-state index contributed by atoms with van der Waals surface area (Å²) < 4.78 is 1.44. The van der Waals surface area contributed by atoms with Crippen molar-refractivity contribution in [3.63, 3.8) is 0 Å².